The van der Waals surface area contributed by atoms with E-state index in [1.54, 1.807) is 31.7 Å². The number of carbonyl (C=O) groups is 1. The quantitative estimate of drug-likeness (QED) is 0.251. The third-order valence-corrected chi connectivity index (χ3v) is 8.23. The molecule has 1 amide bonds. The number of benzene rings is 1. The highest BCUT2D eigenvalue weighted by Gasteiger charge is 2.43. The molecule has 6 rings (SSSR count). The van der Waals surface area contributed by atoms with Crippen LogP contribution in [0.2, 0.25) is 0 Å². The van der Waals surface area contributed by atoms with Crippen molar-refractivity contribution in [3.63, 3.8) is 0 Å². The van der Waals surface area contributed by atoms with Gasteiger partial charge in [-0.1, -0.05) is 30.3 Å². The molecule has 0 unspecified atom stereocenters. The lowest BCUT2D eigenvalue weighted by Crippen LogP contribution is -2.60. The van der Waals surface area contributed by atoms with Crippen LogP contribution < -0.4 is 19.9 Å². The highest BCUT2D eigenvalue weighted by atomic mass is 19.4. The zero-order chi connectivity index (χ0) is 33.9. The Morgan fingerprint density at radius 1 is 0.979 bits per heavy atom. The number of anilines is 3. The average Bonchev–Trinajstić information content (AvgIpc) is 3.07. The highest BCUT2D eigenvalue weighted by Crippen LogP contribution is 2.39. The third kappa shape index (κ3) is 7.54. The minimum absolute atomic E-state index is 0.0325. The second-order valence-electron chi connectivity index (χ2n) is 12.1. The number of carbonyl (C=O) groups excluding carboxylic acids is 1. The Bertz CT molecular complexity index is 1700. The number of amides is 1. The lowest BCUT2D eigenvalue weighted by Gasteiger charge is -2.45. The monoisotopic (exact) mass is 665 g/mol. The van der Waals surface area contributed by atoms with Crippen molar-refractivity contribution in [1.29, 1.82) is 0 Å². The SMILES string of the molecule is COc1ncc(-c2cnc(N(C(=O)OCc3ccccc3)C3CCC(Nc4ncc(C(F)(F)F)c(N5CC(C)(O)C5)n4)CC3)nc2)cn1. The largest absolute Gasteiger partial charge is 0.467 e. The lowest BCUT2D eigenvalue weighted by atomic mass is 9.90. The van der Waals surface area contributed by atoms with E-state index in [0.717, 1.165) is 11.8 Å². The zero-order valence-electron chi connectivity index (χ0n) is 26.3. The number of methoxy groups -OCH3 is 1. The summed E-state index contributed by atoms with van der Waals surface area (Å²) in [6.07, 6.45) is 4.03. The number of halogens is 3. The average molecular weight is 666 g/mol. The Kier molecular flexibility index (Phi) is 9.26. The first-order valence-electron chi connectivity index (χ1n) is 15.4. The van der Waals surface area contributed by atoms with Gasteiger partial charge < -0.3 is 24.8 Å². The maximum atomic E-state index is 13.7. The summed E-state index contributed by atoms with van der Waals surface area (Å²) in [6, 6.07) is 9.06. The van der Waals surface area contributed by atoms with E-state index in [9.17, 15) is 23.1 Å². The number of aliphatic hydroxyl groups is 1. The summed E-state index contributed by atoms with van der Waals surface area (Å²) in [7, 11) is 1.47. The van der Waals surface area contributed by atoms with Gasteiger partial charge in [0.15, 0.2) is 0 Å². The molecule has 3 aromatic heterocycles. The van der Waals surface area contributed by atoms with Gasteiger partial charge in [-0.05, 0) is 38.2 Å². The molecule has 1 aromatic carbocycles. The van der Waals surface area contributed by atoms with E-state index in [1.807, 2.05) is 30.3 Å². The van der Waals surface area contributed by atoms with E-state index in [-0.39, 0.29) is 55.5 Å². The molecule has 2 fully saturated rings. The van der Waals surface area contributed by atoms with Crippen molar-refractivity contribution >= 4 is 23.8 Å². The molecule has 4 aromatic rings. The summed E-state index contributed by atoms with van der Waals surface area (Å²) in [5.74, 6) is -0.0355. The third-order valence-electron chi connectivity index (χ3n) is 8.23. The molecule has 16 heteroatoms. The molecule has 1 aliphatic heterocycles. The van der Waals surface area contributed by atoms with Crippen molar-refractivity contribution in [3.05, 3.63) is 72.4 Å². The lowest BCUT2D eigenvalue weighted by molar-refractivity contribution is -0.137. The van der Waals surface area contributed by atoms with E-state index in [1.165, 1.54) is 16.9 Å². The van der Waals surface area contributed by atoms with Gasteiger partial charge in [0.2, 0.25) is 11.9 Å². The Morgan fingerprint density at radius 3 is 2.19 bits per heavy atom. The standard InChI is InChI=1S/C32H34F3N9O4/c1-31(46)18-43(19-31)26-25(32(33,34)35)16-36-27(42-26)41-23-8-10-24(11-9-23)44(30(45)48-17-20-6-4-3-5-7-20)28-37-12-21(13-38-28)22-14-39-29(47-2)40-15-22/h3-7,12-16,23-24,46H,8-11,17-19H2,1-2H3,(H,36,41,42). The number of rotatable bonds is 9. The van der Waals surface area contributed by atoms with Gasteiger partial charge in [-0.15, -0.1) is 0 Å². The molecule has 0 bridgehead atoms. The van der Waals surface area contributed by atoms with Gasteiger partial charge in [0, 0.05) is 67.3 Å². The second kappa shape index (κ2) is 13.5. The molecule has 0 radical (unpaired) electrons. The van der Waals surface area contributed by atoms with Gasteiger partial charge in [-0.3, -0.25) is 0 Å². The Labute approximate surface area is 274 Å². The van der Waals surface area contributed by atoms with Crippen LogP contribution in [-0.4, -0.2) is 79.0 Å². The number of hydrogen-bond acceptors (Lipinski definition) is 12. The summed E-state index contributed by atoms with van der Waals surface area (Å²) in [6.45, 7) is 1.69. The van der Waals surface area contributed by atoms with Crippen molar-refractivity contribution in [2.24, 2.45) is 0 Å². The fourth-order valence-electron chi connectivity index (χ4n) is 5.82. The molecule has 0 spiro atoms. The number of alkyl halides is 3. The van der Waals surface area contributed by atoms with Crippen molar-refractivity contribution in [1.82, 2.24) is 29.9 Å². The summed E-state index contributed by atoms with van der Waals surface area (Å²) in [5, 5.41) is 13.3. The number of hydrogen-bond donors (Lipinski definition) is 2. The van der Waals surface area contributed by atoms with E-state index in [0.29, 0.717) is 36.8 Å². The molecule has 48 heavy (non-hydrogen) atoms. The first-order chi connectivity index (χ1) is 23.0. The number of nitrogens with zero attached hydrogens (tertiary/aromatic N) is 8. The molecule has 1 saturated heterocycles. The van der Waals surface area contributed by atoms with E-state index < -0.39 is 23.4 Å². The van der Waals surface area contributed by atoms with Crippen LogP contribution in [0.15, 0.2) is 61.3 Å². The van der Waals surface area contributed by atoms with E-state index in [4.69, 9.17) is 9.47 Å². The van der Waals surface area contributed by atoms with Gasteiger partial charge in [-0.2, -0.15) is 18.2 Å². The molecule has 2 aliphatic rings. The van der Waals surface area contributed by atoms with Gasteiger partial charge in [-0.25, -0.2) is 34.6 Å². The van der Waals surface area contributed by atoms with Crippen LogP contribution in [0.1, 0.15) is 43.7 Å². The predicted octanol–water partition coefficient (Wildman–Crippen LogP) is 4.89. The summed E-state index contributed by atoms with van der Waals surface area (Å²) in [5.41, 5.74) is 0.0989. The van der Waals surface area contributed by atoms with E-state index in [2.05, 4.69) is 35.2 Å². The van der Waals surface area contributed by atoms with Gasteiger partial charge in [0.05, 0.1) is 12.7 Å². The minimum atomic E-state index is -4.64. The molecular weight excluding hydrogens is 631 g/mol. The normalized spacial score (nSPS) is 18.8. The summed E-state index contributed by atoms with van der Waals surface area (Å²) < 4.78 is 51.8. The van der Waals surface area contributed by atoms with Crippen LogP contribution >= 0.6 is 0 Å². The Balaban J connectivity index is 1.16. The van der Waals surface area contributed by atoms with Gasteiger partial charge >= 0.3 is 18.3 Å². The van der Waals surface area contributed by atoms with Gasteiger partial charge in [0.25, 0.3) is 0 Å². The Morgan fingerprint density at radius 2 is 1.60 bits per heavy atom. The predicted molar refractivity (Wildman–Crippen MR) is 168 cm³/mol. The van der Waals surface area contributed by atoms with Crippen molar-refractivity contribution in [2.45, 2.75) is 63.1 Å². The number of ether oxygens (including phenoxy) is 2. The highest BCUT2D eigenvalue weighted by molar-refractivity contribution is 5.86. The molecule has 13 nitrogen and oxygen atoms in total. The van der Waals surface area contributed by atoms with Crippen LogP contribution in [0.4, 0.5) is 35.7 Å². The number of β-amino-alcohol motifs (C(OH)–C–C–N with tert-alkyl or cyclic N) is 1. The van der Waals surface area contributed by atoms with Crippen LogP contribution in [-0.2, 0) is 17.5 Å². The molecule has 4 heterocycles. The van der Waals surface area contributed by atoms with Crippen molar-refractivity contribution < 1.29 is 32.5 Å². The van der Waals surface area contributed by atoms with Crippen molar-refractivity contribution in [3.8, 4) is 17.1 Å². The first kappa shape index (κ1) is 32.8. The fraction of sp³-hybridized carbons (Fsp3) is 0.406. The summed E-state index contributed by atoms with van der Waals surface area (Å²) >= 11 is 0. The van der Waals surface area contributed by atoms with Crippen LogP contribution in [0.25, 0.3) is 11.1 Å². The number of aromatic nitrogens is 6. The zero-order valence-corrected chi connectivity index (χ0v) is 26.3. The molecule has 0 atom stereocenters. The number of nitrogens with one attached hydrogen (secondary N) is 1. The molecular formula is C32H34F3N9O4. The summed E-state index contributed by atoms with van der Waals surface area (Å²) in [4.78, 5) is 41.7. The maximum absolute atomic E-state index is 13.7. The minimum Gasteiger partial charge on any atom is -0.467 e. The molecule has 2 N–H and O–H groups in total. The first-order valence-corrected chi connectivity index (χ1v) is 15.4. The van der Waals surface area contributed by atoms with Gasteiger partial charge in [0.1, 0.15) is 18.0 Å². The van der Waals surface area contributed by atoms with Crippen LogP contribution in [0.5, 0.6) is 6.01 Å². The van der Waals surface area contributed by atoms with Crippen LogP contribution in [0, 0.1) is 0 Å². The Hall–Kier alpha value is -5.12. The van der Waals surface area contributed by atoms with E-state index >= 15 is 0 Å². The van der Waals surface area contributed by atoms with Crippen molar-refractivity contribution in [2.75, 3.05) is 35.3 Å². The topological polar surface area (TPSA) is 152 Å². The molecule has 252 valence electrons. The smallest absolute Gasteiger partial charge is 0.421 e. The van der Waals surface area contributed by atoms with Crippen LogP contribution in [0.3, 0.4) is 0 Å². The maximum Gasteiger partial charge on any atom is 0.421 e. The second-order valence-corrected chi connectivity index (χ2v) is 12.1. The molecule has 1 saturated carbocycles. The fourth-order valence-corrected chi connectivity index (χ4v) is 5.82. The molecule has 1 aliphatic carbocycles.